The lowest BCUT2D eigenvalue weighted by Crippen LogP contribution is -2.43. The lowest BCUT2D eigenvalue weighted by atomic mass is 10.1. The molecule has 16 heteroatoms. The molecule has 0 saturated heterocycles. The number of thiazole rings is 2. The molecule has 12 N–H and O–H groups in total. The fraction of sp³-hybridized carbons (Fsp3) is 0.600. The number of anilines is 2. The highest BCUT2D eigenvalue weighted by Gasteiger charge is 2.07. The van der Waals surface area contributed by atoms with E-state index in [1.807, 2.05) is 13.8 Å². The summed E-state index contributed by atoms with van der Waals surface area (Å²) < 4.78 is 0. The van der Waals surface area contributed by atoms with Crippen LogP contribution >= 0.6 is 22.7 Å². The van der Waals surface area contributed by atoms with Crippen LogP contribution in [0.1, 0.15) is 66.1 Å². The van der Waals surface area contributed by atoms with Crippen molar-refractivity contribution in [2.75, 3.05) is 37.6 Å². The number of nitrogens with zero attached hydrogens (tertiary/aromatic N) is 4. The highest BCUT2D eigenvalue weighted by Crippen LogP contribution is 2.21. The molecule has 0 aliphatic heterocycles. The Morgan fingerprint density at radius 1 is 0.683 bits per heavy atom. The van der Waals surface area contributed by atoms with Crippen LogP contribution in [0.4, 0.5) is 19.9 Å². The second-order valence-corrected chi connectivity index (χ2v) is 11.6. The van der Waals surface area contributed by atoms with Gasteiger partial charge in [-0.15, -0.1) is 22.7 Å². The van der Waals surface area contributed by atoms with Crippen LogP contribution in [-0.4, -0.2) is 60.1 Å². The van der Waals surface area contributed by atoms with Crippen LogP contribution in [-0.2, 0) is 12.8 Å². The summed E-state index contributed by atoms with van der Waals surface area (Å²) in [4.78, 5) is 42.9. The van der Waals surface area contributed by atoms with Crippen molar-refractivity contribution in [3.05, 3.63) is 21.1 Å². The number of carbonyl (C=O) groups excluding carboxylic acids is 2. The maximum Gasteiger partial charge on any atom is 0.321 e. The third kappa shape index (κ3) is 14.5. The molecule has 2 rings (SSSR count). The molecule has 4 amide bonds. The molecule has 0 aromatic carbocycles. The number of hydrogen-bond acceptors (Lipinski definition) is 10. The first-order valence-electron chi connectivity index (χ1n) is 13.8. The van der Waals surface area contributed by atoms with E-state index in [0.29, 0.717) is 36.4 Å². The lowest BCUT2D eigenvalue weighted by Gasteiger charge is -2.08. The van der Waals surface area contributed by atoms with E-state index >= 15 is 0 Å². The van der Waals surface area contributed by atoms with Crippen molar-refractivity contribution in [3.8, 4) is 0 Å². The smallest absolute Gasteiger partial charge is 0.321 e. The van der Waals surface area contributed by atoms with E-state index in [2.05, 4.69) is 41.2 Å². The second kappa shape index (κ2) is 18.6. The summed E-state index contributed by atoms with van der Waals surface area (Å²) in [6.45, 7) is 5.97. The van der Waals surface area contributed by atoms with Gasteiger partial charge in [-0.2, -0.15) is 0 Å². The summed E-state index contributed by atoms with van der Waals surface area (Å²) in [5.74, 6) is 0.196. The van der Waals surface area contributed by atoms with E-state index in [9.17, 15) is 9.59 Å². The molecule has 2 aromatic rings. The zero-order valence-corrected chi connectivity index (χ0v) is 25.6. The number of aryl methyl sites for hydroxylation is 4. The molecule has 0 saturated carbocycles. The fourth-order valence-corrected chi connectivity index (χ4v) is 5.58. The van der Waals surface area contributed by atoms with E-state index in [0.717, 1.165) is 78.9 Å². The second-order valence-electron chi connectivity index (χ2n) is 9.39. The molecular formula is C25H44N12O2S2. The van der Waals surface area contributed by atoms with Crippen molar-refractivity contribution < 1.29 is 9.59 Å². The number of nitrogen functional groups attached to an aromatic ring is 2. The van der Waals surface area contributed by atoms with E-state index in [4.69, 9.17) is 22.9 Å². The molecule has 2 heterocycles. The molecule has 0 atom stereocenters. The standard InChI is InChI=1S/C25H44N12O2S2/c1-16-18(40-22(28)34-16)10-8-14-30-20(26)36-24(38)32-12-6-4-3-5-7-13-33-25(39)37-21(27)31-15-9-11-19-17(2)35-23(29)41-19/h3-15H2,1-2H3,(H2,28,34)(H2,29,35)(H4,26,30,32,36,38)(H4,27,31,33,37,39). The largest absolute Gasteiger partial charge is 0.375 e. The van der Waals surface area contributed by atoms with Gasteiger partial charge in [0.1, 0.15) is 0 Å². The van der Waals surface area contributed by atoms with Crippen LogP contribution in [0.2, 0.25) is 0 Å². The monoisotopic (exact) mass is 608 g/mol. The van der Waals surface area contributed by atoms with Crippen LogP contribution in [0.15, 0.2) is 9.98 Å². The number of nitrogens with two attached hydrogens (primary N) is 4. The van der Waals surface area contributed by atoms with Gasteiger partial charge in [-0.25, -0.2) is 19.6 Å². The Bertz CT molecular complexity index is 1070. The highest BCUT2D eigenvalue weighted by molar-refractivity contribution is 7.15. The molecule has 0 bridgehead atoms. The SMILES string of the molecule is Cc1nc(N)sc1CCCN=C(N)NC(=O)NCCCCCCCNC(=O)NC(N)=NCCCc1sc(N)nc1C. The molecule has 0 fully saturated rings. The van der Waals surface area contributed by atoms with Gasteiger partial charge in [0.15, 0.2) is 22.2 Å². The van der Waals surface area contributed by atoms with E-state index in [-0.39, 0.29) is 24.0 Å². The first-order valence-corrected chi connectivity index (χ1v) is 15.4. The van der Waals surface area contributed by atoms with Gasteiger partial charge in [0, 0.05) is 35.9 Å². The van der Waals surface area contributed by atoms with E-state index in [1.165, 1.54) is 22.7 Å². The lowest BCUT2D eigenvalue weighted by molar-refractivity contribution is 0.244. The number of rotatable bonds is 16. The van der Waals surface area contributed by atoms with Gasteiger partial charge >= 0.3 is 12.1 Å². The van der Waals surface area contributed by atoms with Crippen molar-refractivity contribution in [2.24, 2.45) is 21.5 Å². The van der Waals surface area contributed by atoms with Gasteiger partial charge < -0.3 is 33.6 Å². The predicted molar refractivity (Wildman–Crippen MR) is 168 cm³/mol. The highest BCUT2D eigenvalue weighted by atomic mass is 32.1. The van der Waals surface area contributed by atoms with Crippen molar-refractivity contribution in [2.45, 2.75) is 71.6 Å². The number of hydrogen-bond donors (Lipinski definition) is 8. The number of aliphatic imine (C=N–C) groups is 2. The van der Waals surface area contributed by atoms with Crippen molar-refractivity contribution in [3.63, 3.8) is 0 Å². The third-order valence-corrected chi connectivity index (χ3v) is 8.01. The molecule has 41 heavy (non-hydrogen) atoms. The number of nitrogens with one attached hydrogen (secondary N) is 4. The minimum absolute atomic E-state index is 0.0978. The van der Waals surface area contributed by atoms with Crippen LogP contribution in [0, 0.1) is 13.8 Å². The number of amides is 4. The summed E-state index contributed by atoms with van der Waals surface area (Å²) in [5.41, 5.74) is 24.9. The molecule has 2 aromatic heterocycles. The molecule has 14 nitrogen and oxygen atoms in total. The summed E-state index contributed by atoms with van der Waals surface area (Å²) in [6.07, 6.45) is 7.84. The molecule has 0 unspecified atom stereocenters. The molecule has 0 aliphatic rings. The van der Waals surface area contributed by atoms with Crippen molar-refractivity contribution in [1.29, 1.82) is 0 Å². The van der Waals surface area contributed by atoms with Crippen LogP contribution in [0.3, 0.4) is 0 Å². The molecule has 228 valence electrons. The minimum atomic E-state index is -0.365. The first-order chi connectivity index (χ1) is 19.6. The summed E-state index contributed by atoms with van der Waals surface area (Å²) in [5, 5.41) is 11.8. The number of aromatic nitrogens is 2. The molecule has 0 aliphatic carbocycles. The Hall–Kier alpha value is -3.66. The maximum absolute atomic E-state index is 11.9. The molecule has 0 radical (unpaired) electrons. The summed E-state index contributed by atoms with van der Waals surface area (Å²) in [7, 11) is 0. The molecule has 0 spiro atoms. The van der Waals surface area contributed by atoms with Gasteiger partial charge in [0.2, 0.25) is 0 Å². The number of unbranched alkanes of at least 4 members (excludes halogenated alkanes) is 4. The Morgan fingerprint density at radius 3 is 1.44 bits per heavy atom. The van der Waals surface area contributed by atoms with E-state index in [1.54, 1.807) is 0 Å². The maximum atomic E-state index is 11.9. The first kappa shape index (κ1) is 33.5. The van der Waals surface area contributed by atoms with Crippen molar-refractivity contribution in [1.82, 2.24) is 31.2 Å². The number of carbonyl (C=O) groups is 2. The Balaban J connectivity index is 1.41. The third-order valence-electron chi connectivity index (χ3n) is 5.91. The average molecular weight is 609 g/mol. The van der Waals surface area contributed by atoms with Crippen LogP contribution < -0.4 is 44.2 Å². The number of urea groups is 2. The average Bonchev–Trinajstić information content (AvgIpc) is 3.40. The van der Waals surface area contributed by atoms with Crippen LogP contribution in [0.5, 0.6) is 0 Å². The summed E-state index contributed by atoms with van der Waals surface area (Å²) >= 11 is 2.97. The van der Waals surface area contributed by atoms with E-state index < -0.39 is 0 Å². The summed E-state index contributed by atoms with van der Waals surface area (Å²) in [6, 6.07) is -0.731. The van der Waals surface area contributed by atoms with Gasteiger partial charge in [0.05, 0.1) is 11.4 Å². The Labute approximate surface area is 249 Å². The van der Waals surface area contributed by atoms with Gasteiger partial charge in [-0.3, -0.25) is 20.6 Å². The zero-order valence-electron chi connectivity index (χ0n) is 23.9. The van der Waals surface area contributed by atoms with Gasteiger partial charge in [-0.1, -0.05) is 19.3 Å². The van der Waals surface area contributed by atoms with Crippen LogP contribution in [0.25, 0.3) is 0 Å². The normalized spacial score (nSPS) is 11.9. The predicted octanol–water partition coefficient (Wildman–Crippen LogP) is 2.12. The minimum Gasteiger partial charge on any atom is -0.375 e. The molecular weight excluding hydrogens is 564 g/mol. The zero-order chi connectivity index (χ0) is 30.0. The van der Waals surface area contributed by atoms with Gasteiger partial charge in [-0.05, 0) is 52.4 Å². The fourth-order valence-electron chi connectivity index (χ4n) is 3.83. The van der Waals surface area contributed by atoms with Crippen molar-refractivity contribution >= 4 is 56.9 Å². The van der Waals surface area contributed by atoms with Gasteiger partial charge in [0.25, 0.3) is 0 Å². The Morgan fingerprint density at radius 2 is 1.07 bits per heavy atom. The quantitative estimate of drug-likeness (QED) is 0.0796. The number of guanidine groups is 2. The Kier molecular flexibility index (Phi) is 15.3. The topological polar surface area (TPSA) is 237 Å².